The minimum Gasteiger partial charge on any atom is -0.508 e. The molecule has 0 unspecified atom stereocenters. The van der Waals surface area contributed by atoms with Gasteiger partial charge >= 0.3 is 0 Å². The van der Waals surface area contributed by atoms with Gasteiger partial charge in [-0.3, -0.25) is 0 Å². The number of phenols is 1. The molecule has 0 atom stereocenters. The first-order valence-electron chi connectivity index (χ1n) is 3.60. The van der Waals surface area contributed by atoms with E-state index in [0.717, 1.165) is 6.07 Å². The first kappa shape index (κ1) is 8.78. The summed E-state index contributed by atoms with van der Waals surface area (Å²) in [5, 5.41) is 9.04. The van der Waals surface area contributed by atoms with E-state index in [4.69, 9.17) is 5.11 Å². The highest BCUT2D eigenvalue weighted by Crippen LogP contribution is 2.21. The lowest BCUT2D eigenvalue weighted by atomic mass is 10.1. The minimum absolute atomic E-state index is 0.0837. The van der Waals surface area contributed by atoms with Gasteiger partial charge in [0.05, 0.1) is 0 Å². The Balaban J connectivity index is 3.08. The predicted octanol–water partition coefficient (Wildman–Crippen LogP) is 2.77. The van der Waals surface area contributed by atoms with Gasteiger partial charge in [-0.1, -0.05) is 6.58 Å². The zero-order valence-corrected chi connectivity index (χ0v) is 6.68. The van der Waals surface area contributed by atoms with Crippen LogP contribution < -0.4 is 0 Å². The lowest BCUT2D eigenvalue weighted by Gasteiger charge is -2.02. The average Bonchev–Trinajstić information content (AvgIpc) is 2.01. The van der Waals surface area contributed by atoms with Crippen LogP contribution in [0.15, 0.2) is 24.8 Å². The number of aromatic hydroxyl groups is 1. The molecule has 0 amide bonds. The van der Waals surface area contributed by atoms with Gasteiger partial charge in [0.15, 0.2) is 0 Å². The van der Waals surface area contributed by atoms with Crippen LogP contribution in [-0.2, 0) is 0 Å². The third-order valence-corrected chi connectivity index (χ3v) is 1.59. The van der Waals surface area contributed by atoms with Gasteiger partial charge in [-0.05, 0) is 36.6 Å². The summed E-state index contributed by atoms with van der Waals surface area (Å²) in [6.07, 6.45) is 0.503. The van der Waals surface area contributed by atoms with Crippen LogP contribution in [0.1, 0.15) is 12.0 Å². The third-order valence-electron chi connectivity index (χ3n) is 1.59. The second-order valence-corrected chi connectivity index (χ2v) is 2.55. The normalized spacial score (nSPS) is 9.83. The second-order valence-electron chi connectivity index (χ2n) is 2.55. The van der Waals surface area contributed by atoms with Crippen molar-refractivity contribution in [3.05, 3.63) is 43.1 Å². The van der Waals surface area contributed by atoms with E-state index in [1.165, 1.54) is 12.1 Å². The van der Waals surface area contributed by atoms with Crippen molar-refractivity contribution in [1.29, 1.82) is 0 Å². The largest absolute Gasteiger partial charge is 0.508 e. The fourth-order valence-electron chi connectivity index (χ4n) is 0.923. The van der Waals surface area contributed by atoms with Gasteiger partial charge < -0.3 is 5.11 Å². The van der Waals surface area contributed by atoms with Gasteiger partial charge in [0, 0.05) is 6.07 Å². The monoisotopic (exact) mass is 165 g/mol. The topological polar surface area (TPSA) is 20.2 Å². The van der Waals surface area contributed by atoms with Crippen molar-refractivity contribution in [2.75, 3.05) is 0 Å². The smallest absolute Gasteiger partial charge is 0.127 e. The molecule has 0 spiro atoms. The summed E-state index contributed by atoms with van der Waals surface area (Å²) in [6.45, 7) is 7.30. The Bertz CT molecular complexity index is 284. The molecule has 0 aliphatic heterocycles. The van der Waals surface area contributed by atoms with Crippen molar-refractivity contribution >= 4 is 5.57 Å². The van der Waals surface area contributed by atoms with Crippen molar-refractivity contribution in [1.82, 2.24) is 0 Å². The van der Waals surface area contributed by atoms with E-state index in [-0.39, 0.29) is 5.75 Å². The Morgan fingerprint density at radius 3 is 2.58 bits per heavy atom. The maximum absolute atomic E-state index is 12.7. The molecule has 12 heavy (non-hydrogen) atoms. The first-order valence-corrected chi connectivity index (χ1v) is 3.60. The zero-order chi connectivity index (χ0) is 9.14. The summed E-state index contributed by atoms with van der Waals surface area (Å²) in [7, 11) is 0. The van der Waals surface area contributed by atoms with Gasteiger partial charge in [-0.15, -0.1) is 0 Å². The van der Waals surface area contributed by atoms with Gasteiger partial charge in [-0.2, -0.15) is 0 Å². The maximum Gasteiger partial charge on any atom is 0.127 e. The molecule has 0 bridgehead atoms. The molecule has 1 N–H and O–H groups in total. The van der Waals surface area contributed by atoms with E-state index in [0.29, 0.717) is 17.6 Å². The number of rotatable bonds is 2. The standard InChI is InChI=1S/C10H10FO/c1-3-7(2)8-4-9(11)6-10(12)5-8/h4-6,12H,1-3H2. The summed E-state index contributed by atoms with van der Waals surface area (Å²) in [5.41, 5.74) is 1.31. The zero-order valence-electron chi connectivity index (χ0n) is 6.68. The molecule has 0 aliphatic carbocycles. The van der Waals surface area contributed by atoms with Gasteiger partial charge in [-0.25, -0.2) is 4.39 Å². The molecule has 1 radical (unpaired) electrons. The Labute approximate surface area is 71.2 Å². The molecule has 0 saturated carbocycles. The molecule has 2 heteroatoms. The van der Waals surface area contributed by atoms with Crippen LogP contribution in [-0.4, -0.2) is 5.11 Å². The molecule has 1 nitrogen and oxygen atoms in total. The van der Waals surface area contributed by atoms with E-state index < -0.39 is 5.82 Å². The highest BCUT2D eigenvalue weighted by atomic mass is 19.1. The second kappa shape index (κ2) is 3.39. The molecule has 0 saturated heterocycles. The molecule has 1 aromatic rings. The summed E-state index contributed by atoms with van der Waals surface area (Å²) < 4.78 is 12.7. The molecular formula is C10H10FO. The summed E-state index contributed by atoms with van der Waals surface area (Å²) in [6, 6.07) is 3.85. The van der Waals surface area contributed by atoms with Crippen LogP contribution in [0.3, 0.4) is 0 Å². The number of hydrogen-bond acceptors (Lipinski definition) is 1. The number of phenolic OH excluding ortho intramolecular Hbond substituents is 1. The van der Waals surface area contributed by atoms with Crippen molar-refractivity contribution in [2.45, 2.75) is 6.42 Å². The van der Waals surface area contributed by atoms with Crippen LogP contribution in [0.25, 0.3) is 5.57 Å². The molecule has 0 heterocycles. The SMILES string of the molecule is [CH2]CC(=C)c1cc(O)cc(F)c1. The fraction of sp³-hybridized carbons (Fsp3) is 0.100. The van der Waals surface area contributed by atoms with Gasteiger partial charge in [0.25, 0.3) is 0 Å². The molecule has 1 rings (SSSR count). The molecule has 0 fully saturated rings. The Kier molecular flexibility index (Phi) is 2.48. The molecule has 0 aliphatic rings. The van der Waals surface area contributed by atoms with Gasteiger partial charge in [0.1, 0.15) is 11.6 Å². The number of benzene rings is 1. The van der Waals surface area contributed by atoms with Crippen molar-refractivity contribution < 1.29 is 9.50 Å². The van der Waals surface area contributed by atoms with E-state index in [2.05, 4.69) is 13.5 Å². The predicted molar refractivity (Wildman–Crippen MR) is 47.1 cm³/mol. The number of hydrogen-bond donors (Lipinski definition) is 1. The molecule has 0 aromatic heterocycles. The third kappa shape index (κ3) is 1.84. The van der Waals surface area contributed by atoms with Crippen LogP contribution >= 0.6 is 0 Å². The lowest BCUT2D eigenvalue weighted by Crippen LogP contribution is -1.83. The number of halogens is 1. The summed E-state index contributed by atoms with van der Waals surface area (Å²) in [5.74, 6) is -0.542. The summed E-state index contributed by atoms with van der Waals surface area (Å²) in [4.78, 5) is 0. The average molecular weight is 165 g/mol. The number of allylic oxidation sites excluding steroid dienone is 1. The molecule has 63 valence electrons. The van der Waals surface area contributed by atoms with E-state index >= 15 is 0 Å². The highest BCUT2D eigenvalue weighted by Gasteiger charge is 2.01. The Morgan fingerprint density at radius 2 is 2.08 bits per heavy atom. The lowest BCUT2D eigenvalue weighted by molar-refractivity contribution is 0.469. The quantitative estimate of drug-likeness (QED) is 0.714. The maximum atomic E-state index is 12.7. The van der Waals surface area contributed by atoms with Gasteiger partial charge in [0.2, 0.25) is 0 Å². The van der Waals surface area contributed by atoms with Crippen LogP contribution in [0, 0.1) is 12.7 Å². The van der Waals surface area contributed by atoms with Crippen molar-refractivity contribution in [2.24, 2.45) is 0 Å². The first-order chi connectivity index (χ1) is 5.63. The van der Waals surface area contributed by atoms with E-state index in [1.807, 2.05) is 0 Å². The summed E-state index contributed by atoms with van der Waals surface area (Å²) >= 11 is 0. The minimum atomic E-state index is -0.459. The van der Waals surface area contributed by atoms with E-state index in [1.54, 1.807) is 0 Å². The van der Waals surface area contributed by atoms with Crippen LogP contribution in [0.4, 0.5) is 4.39 Å². The fourth-order valence-corrected chi connectivity index (χ4v) is 0.923. The Morgan fingerprint density at radius 1 is 1.42 bits per heavy atom. The van der Waals surface area contributed by atoms with Crippen molar-refractivity contribution in [3.8, 4) is 5.75 Å². The van der Waals surface area contributed by atoms with Crippen molar-refractivity contribution in [3.63, 3.8) is 0 Å². The molecular weight excluding hydrogens is 155 g/mol. The van der Waals surface area contributed by atoms with E-state index in [9.17, 15) is 4.39 Å². The highest BCUT2D eigenvalue weighted by molar-refractivity contribution is 5.64. The molecule has 1 aromatic carbocycles. The van der Waals surface area contributed by atoms with Crippen LogP contribution in [0.5, 0.6) is 5.75 Å². The van der Waals surface area contributed by atoms with Crippen LogP contribution in [0.2, 0.25) is 0 Å². The Hall–Kier alpha value is -1.31.